The molecule has 0 saturated carbocycles. The van der Waals surface area contributed by atoms with Crippen molar-refractivity contribution in [3.8, 4) is 0 Å². The van der Waals surface area contributed by atoms with Crippen LogP contribution in [-0.2, 0) is 11.3 Å². The molecule has 142 valence electrons. The molecular formula is C23H27FN2O. The second kappa shape index (κ2) is 7.08. The minimum Gasteiger partial charge on any atom is -0.339 e. The summed E-state index contributed by atoms with van der Waals surface area (Å²) in [7, 11) is 1.97. The Labute approximate surface area is 160 Å². The first kappa shape index (κ1) is 18.2. The highest BCUT2D eigenvalue weighted by molar-refractivity contribution is 5.87. The average molecular weight is 366 g/mol. The van der Waals surface area contributed by atoms with Gasteiger partial charge in [0, 0.05) is 32.2 Å². The fourth-order valence-electron chi connectivity index (χ4n) is 4.75. The third kappa shape index (κ3) is 3.27. The first-order valence-electron chi connectivity index (χ1n) is 9.79. The van der Waals surface area contributed by atoms with Crippen molar-refractivity contribution in [2.24, 2.45) is 0 Å². The number of halogens is 1. The summed E-state index contributed by atoms with van der Waals surface area (Å²) >= 11 is 0. The topological polar surface area (TPSA) is 23.6 Å². The van der Waals surface area contributed by atoms with E-state index in [1.807, 2.05) is 43.1 Å². The minimum atomic E-state index is -0.132. The Morgan fingerprint density at radius 3 is 2.48 bits per heavy atom. The highest BCUT2D eigenvalue weighted by atomic mass is 19.1. The van der Waals surface area contributed by atoms with E-state index in [0.29, 0.717) is 0 Å². The van der Waals surface area contributed by atoms with Gasteiger partial charge in [0.1, 0.15) is 5.82 Å². The van der Waals surface area contributed by atoms with Crippen molar-refractivity contribution >= 4 is 5.91 Å². The summed E-state index contributed by atoms with van der Waals surface area (Å²) in [5.41, 5.74) is 2.90. The number of carbonyl (C=O) groups is 1. The molecule has 0 N–H and O–H groups in total. The maximum atomic E-state index is 13.8. The predicted octanol–water partition coefficient (Wildman–Crippen LogP) is 4.11. The molecule has 0 bridgehead atoms. The molecule has 2 saturated heterocycles. The summed E-state index contributed by atoms with van der Waals surface area (Å²) < 4.78 is 13.8. The van der Waals surface area contributed by atoms with E-state index in [1.54, 1.807) is 6.07 Å². The maximum Gasteiger partial charge on any atom is 0.230 e. The van der Waals surface area contributed by atoms with Gasteiger partial charge in [0.25, 0.3) is 0 Å². The van der Waals surface area contributed by atoms with Crippen LogP contribution in [0.25, 0.3) is 0 Å². The predicted molar refractivity (Wildman–Crippen MR) is 105 cm³/mol. The number of carbonyl (C=O) groups excluding carboxylic acids is 1. The minimum absolute atomic E-state index is 0.0202. The van der Waals surface area contributed by atoms with E-state index >= 15 is 0 Å². The molecule has 2 aromatic rings. The van der Waals surface area contributed by atoms with Crippen molar-refractivity contribution in [3.05, 3.63) is 71.0 Å². The van der Waals surface area contributed by atoms with Crippen molar-refractivity contribution in [1.82, 2.24) is 9.80 Å². The van der Waals surface area contributed by atoms with Gasteiger partial charge in [0.15, 0.2) is 0 Å². The smallest absolute Gasteiger partial charge is 0.230 e. The first-order valence-corrected chi connectivity index (χ1v) is 9.79. The summed E-state index contributed by atoms with van der Waals surface area (Å²) in [5.74, 6) is 0.0941. The summed E-state index contributed by atoms with van der Waals surface area (Å²) in [6.45, 7) is 4.51. The SMILES string of the molecule is Cc1c(F)cccc1CN1CCC2(CC1)C[C@H](c1ccccc1)C(=O)N2C. The Morgan fingerprint density at radius 2 is 1.78 bits per heavy atom. The van der Waals surface area contributed by atoms with Crippen LogP contribution in [0.15, 0.2) is 48.5 Å². The number of nitrogens with zero attached hydrogens (tertiary/aromatic N) is 2. The van der Waals surface area contributed by atoms with Crippen LogP contribution >= 0.6 is 0 Å². The Hall–Kier alpha value is -2.20. The van der Waals surface area contributed by atoms with Crippen LogP contribution in [0.1, 0.15) is 41.9 Å². The number of amides is 1. The quantitative estimate of drug-likeness (QED) is 0.816. The zero-order valence-corrected chi connectivity index (χ0v) is 16.1. The van der Waals surface area contributed by atoms with Gasteiger partial charge in [0.05, 0.1) is 5.92 Å². The van der Waals surface area contributed by atoms with Gasteiger partial charge >= 0.3 is 0 Å². The molecule has 2 aromatic carbocycles. The third-order valence-corrected chi connectivity index (χ3v) is 6.69. The van der Waals surface area contributed by atoms with Crippen LogP contribution in [-0.4, -0.2) is 41.4 Å². The number of hydrogen-bond acceptors (Lipinski definition) is 2. The van der Waals surface area contributed by atoms with Crippen LogP contribution < -0.4 is 0 Å². The normalized spacial score (nSPS) is 22.6. The number of piperidine rings is 1. The second-order valence-electron chi connectivity index (χ2n) is 8.09. The van der Waals surface area contributed by atoms with Gasteiger partial charge in [-0.25, -0.2) is 4.39 Å². The van der Waals surface area contributed by atoms with Crippen LogP contribution in [0.5, 0.6) is 0 Å². The Bertz CT molecular complexity index is 828. The van der Waals surface area contributed by atoms with Gasteiger partial charge in [-0.3, -0.25) is 9.69 Å². The lowest BCUT2D eigenvalue weighted by Gasteiger charge is -2.43. The molecule has 0 aliphatic carbocycles. The molecule has 2 aliphatic heterocycles. The number of benzene rings is 2. The lowest BCUT2D eigenvalue weighted by Crippen LogP contribution is -2.51. The van der Waals surface area contributed by atoms with Gasteiger partial charge in [0.2, 0.25) is 5.91 Å². The van der Waals surface area contributed by atoms with E-state index in [9.17, 15) is 9.18 Å². The molecule has 1 amide bonds. The molecule has 27 heavy (non-hydrogen) atoms. The summed E-state index contributed by atoms with van der Waals surface area (Å²) in [4.78, 5) is 17.3. The van der Waals surface area contributed by atoms with E-state index in [1.165, 1.54) is 6.07 Å². The second-order valence-corrected chi connectivity index (χ2v) is 8.09. The first-order chi connectivity index (χ1) is 13.0. The van der Waals surface area contributed by atoms with Crippen molar-refractivity contribution < 1.29 is 9.18 Å². The zero-order valence-electron chi connectivity index (χ0n) is 16.1. The summed E-state index contributed by atoms with van der Waals surface area (Å²) in [6.07, 6.45) is 2.86. The van der Waals surface area contributed by atoms with Gasteiger partial charge < -0.3 is 4.90 Å². The molecule has 2 fully saturated rings. The van der Waals surface area contributed by atoms with E-state index in [0.717, 1.165) is 55.6 Å². The Balaban J connectivity index is 1.45. The Kier molecular flexibility index (Phi) is 4.77. The molecule has 1 spiro atoms. The Morgan fingerprint density at radius 1 is 1.07 bits per heavy atom. The highest BCUT2D eigenvalue weighted by Crippen LogP contribution is 2.45. The number of hydrogen-bond donors (Lipinski definition) is 0. The molecule has 4 rings (SSSR count). The third-order valence-electron chi connectivity index (χ3n) is 6.69. The highest BCUT2D eigenvalue weighted by Gasteiger charge is 2.50. The molecule has 1 atom stereocenters. The van der Waals surface area contributed by atoms with Gasteiger partial charge in [-0.2, -0.15) is 0 Å². The van der Waals surface area contributed by atoms with Gasteiger partial charge in [-0.05, 0) is 48.9 Å². The summed E-state index contributed by atoms with van der Waals surface area (Å²) in [6, 6.07) is 15.5. The molecule has 3 nitrogen and oxygen atoms in total. The molecule has 0 aromatic heterocycles. The fourth-order valence-corrected chi connectivity index (χ4v) is 4.75. The average Bonchev–Trinajstić information content (AvgIpc) is 2.93. The molecule has 2 aliphatic rings. The maximum absolute atomic E-state index is 13.8. The number of likely N-dealkylation sites (tertiary alicyclic amines) is 2. The van der Waals surface area contributed by atoms with Crippen LogP contribution in [0, 0.1) is 12.7 Å². The standard InChI is InChI=1S/C23H27FN2O/c1-17-19(9-6-10-21(17)24)16-26-13-11-23(12-14-26)15-20(22(27)25(23)2)18-7-4-3-5-8-18/h3-10,20H,11-16H2,1-2H3/t20-/m1/s1. The van der Waals surface area contributed by atoms with E-state index in [-0.39, 0.29) is 23.2 Å². The van der Waals surface area contributed by atoms with Crippen molar-refractivity contribution in [2.75, 3.05) is 20.1 Å². The van der Waals surface area contributed by atoms with Gasteiger partial charge in [-0.1, -0.05) is 42.5 Å². The van der Waals surface area contributed by atoms with E-state index in [4.69, 9.17) is 0 Å². The lowest BCUT2D eigenvalue weighted by molar-refractivity contribution is -0.131. The van der Waals surface area contributed by atoms with Crippen molar-refractivity contribution in [1.29, 1.82) is 0 Å². The lowest BCUT2D eigenvalue weighted by atomic mass is 9.81. The molecule has 0 radical (unpaired) electrons. The fraction of sp³-hybridized carbons (Fsp3) is 0.435. The molecular weight excluding hydrogens is 339 g/mol. The van der Waals surface area contributed by atoms with Crippen LogP contribution in [0.2, 0.25) is 0 Å². The van der Waals surface area contributed by atoms with Gasteiger partial charge in [-0.15, -0.1) is 0 Å². The van der Waals surface area contributed by atoms with E-state index in [2.05, 4.69) is 17.0 Å². The monoisotopic (exact) mass is 366 g/mol. The summed E-state index contributed by atoms with van der Waals surface area (Å²) in [5, 5.41) is 0. The van der Waals surface area contributed by atoms with E-state index < -0.39 is 0 Å². The van der Waals surface area contributed by atoms with Crippen molar-refractivity contribution in [3.63, 3.8) is 0 Å². The molecule has 0 unspecified atom stereocenters. The largest absolute Gasteiger partial charge is 0.339 e. The number of rotatable bonds is 3. The number of likely N-dealkylation sites (N-methyl/N-ethyl adjacent to an activating group) is 1. The van der Waals surface area contributed by atoms with Crippen molar-refractivity contribution in [2.45, 2.75) is 44.2 Å². The molecule has 2 heterocycles. The molecule has 4 heteroatoms. The van der Waals surface area contributed by atoms with Crippen LogP contribution in [0.4, 0.5) is 4.39 Å². The van der Waals surface area contributed by atoms with Crippen LogP contribution in [0.3, 0.4) is 0 Å². The zero-order chi connectivity index (χ0) is 19.0.